The Morgan fingerprint density at radius 2 is 1.73 bits per heavy atom. The topological polar surface area (TPSA) is 40.5 Å². The van der Waals surface area contributed by atoms with E-state index in [1.165, 1.54) is 0 Å². The van der Waals surface area contributed by atoms with Crippen molar-refractivity contribution in [1.29, 1.82) is 0 Å². The standard InChI is InChI=1S/C19H17ClO2/c1-12-10-14-4-2-3-5-16(14)19(18(12)17(22)11-21)13-6-8-15(20)9-7-13/h2-10,17,21-22H,11H2,1H3/t17-/m1/s1. The Labute approximate surface area is 134 Å². The van der Waals surface area contributed by atoms with Crippen molar-refractivity contribution in [3.05, 3.63) is 70.7 Å². The summed E-state index contributed by atoms with van der Waals surface area (Å²) < 4.78 is 0. The van der Waals surface area contributed by atoms with Gasteiger partial charge in [-0.1, -0.05) is 54.1 Å². The molecule has 0 bridgehead atoms. The predicted octanol–water partition coefficient (Wildman–Crippen LogP) is 4.49. The van der Waals surface area contributed by atoms with E-state index < -0.39 is 6.10 Å². The molecular weight excluding hydrogens is 296 g/mol. The van der Waals surface area contributed by atoms with Crippen LogP contribution in [0.4, 0.5) is 0 Å². The van der Waals surface area contributed by atoms with Gasteiger partial charge >= 0.3 is 0 Å². The fourth-order valence-electron chi connectivity index (χ4n) is 2.95. The van der Waals surface area contributed by atoms with Crippen LogP contribution in [0.15, 0.2) is 54.6 Å². The Hall–Kier alpha value is -1.87. The molecule has 3 rings (SSSR count). The predicted molar refractivity (Wildman–Crippen MR) is 91.2 cm³/mol. The Morgan fingerprint density at radius 1 is 1.05 bits per heavy atom. The molecule has 0 saturated heterocycles. The molecule has 0 spiro atoms. The second kappa shape index (κ2) is 6.09. The number of hydrogen-bond acceptors (Lipinski definition) is 2. The van der Waals surface area contributed by atoms with E-state index in [0.717, 1.165) is 33.0 Å². The zero-order valence-electron chi connectivity index (χ0n) is 12.3. The molecule has 3 aromatic rings. The van der Waals surface area contributed by atoms with Gasteiger partial charge in [0.2, 0.25) is 0 Å². The number of hydrogen-bond donors (Lipinski definition) is 2. The van der Waals surface area contributed by atoms with Gasteiger partial charge in [-0.3, -0.25) is 0 Å². The maximum Gasteiger partial charge on any atom is 0.103 e. The minimum atomic E-state index is -0.907. The smallest absolute Gasteiger partial charge is 0.103 e. The van der Waals surface area contributed by atoms with Gasteiger partial charge in [0.25, 0.3) is 0 Å². The zero-order valence-corrected chi connectivity index (χ0v) is 13.0. The average molecular weight is 313 g/mol. The summed E-state index contributed by atoms with van der Waals surface area (Å²) >= 11 is 5.99. The van der Waals surface area contributed by atoms with E-state index in [0.29, 0.717) is 5.02 Å². The van der Waals surface area contributed by atoms with Crippen LogP contribution in [0.1, 0.15) is 17.2 Å². The monoisotopic (exact) mass is 312 g/mol. The third-order valence-corrected chi connectivity index (χ3v) is 4.19. The molecule has 0 fully saturated rings. The van der Waals surface area contributed by atoms with Gasteiger partial charge in [0.1, 0.15) is 6.10 Å². The fraction of sp³-hybridized carbons (Fsp3) is 0.158. The van der Waals surface area contributed by atoms with Crippen LogP contribution >= 0.6 is 11.6 Å². The number of benzene rings is 3. The van der Waals surface area contributed by atoms with Gasteiger partial charge in [-0.15, -0.1) is 0 Å². The molecule has 2 nitrogen and oxygen atoms in total. The van der Waals surface area contributed by atoms with E-state index in [4.69, 9.17) is 11.6 Å². The summed E-state index contributed by atoms with van der Waals surface area (Å²) in [5, 5.41) is 22.6. The van der Waals surface area contributed by atoms with Crippen molar-refractivity contribution in [3.8, 4) is 11.1 Å². The van der Waals surface area contributed by atoms with Crippen LogP contribution in [0.3, 0.4) is 0 Å². The third kappa shape index (κ3) is 2.61. The van der Waals surface area contributed by atoms with Crippen LogP contribution in [-0.2, 0) is 0 Å². The first-order chi connectivity index (χ1) is 10.6. The van der Waals surface area contributed by atoms with Gasteiger partial charge in [-0.2, -0.15) is 0 Å². The molecule has 112 valence electrons. The Kier molecular flexibility index (Phi) is 4.16. The summed E-state index contributed by atoms with van der Waals surface area (Å²) in [6, 6.07) is 17.7. The van der Waals surface area contributed by atoms with Gasteiger partial charge in [-0.05, 0) is 52.1 Å². The third-order valence-electron chi connectivity index (χ3n) is 3.94. The molecule has 0 saturated carbocycles. The van der Waals surface area contributed by atoms with Gasteiger partial charge in [-0.25, -0.2) is 0 Å². The van der Waals surface area contributed by atoms with Crippen LogP contribution in [0.5, 0.6) is 0 Å². The lowest BCUT2D eigenvalue weighted by atomic mass is 9.88. The molecule has 0 radical (unpaired) electrons. The van der Waals surface area contributed by atoms with E-state index >= 15 is 0 Å². The molecule has 0 amide bonds. The van der Waals surface area contributed by atoms with Crippen LogP contribution in [-0.4, -0.2) is 16.8 Å². The molecule has 3 heteroatoms. The molecule has 0 aliphatic rings. The number of aliphatic hydroxyl groups is 2. The van der Waals surface area contributed by atoms with Crippen LogP contribution < -0.4 is 0 Å². The van der Waals surface area contributed by atoms with E-state index in [1.54, 1.807) is 0 Å². The van der Waals surface area contributed by atoms with Crippen LogP contribution in [0.25, 0.3) is 21.9 Å². The summed E-state index contributed by atoms with van der Waals surface area (Å²) in [5.74, 6) is 0. The normalized spacial score (nSPS) is 12.5. The summed E-state index contributed by atoms with van der Waals surface area (Å²) in [7, 11) is 0. The van der Waals surface area contributed by atoms with Gasteiger partial charge < -0.3 is 10.2 Å². The molecule has 0 heterocycles. The lowest BCUT2D eigenvalue weighted by Crippen LogP contribution is -2.07. The lowest BCUT2D eigenvalue weighted by Gasteiger charge is -2.20. The maximum absolute atomic E-state index is 10.3. The van der Waals surface area contributed by atoms with Crippen molar-refractivity contribution in [1.82, 2.24) is 0 Å². The highest BCUT2D eigenvalue weighted by atomic mass is 35.5. The molecule has 22 heavy (non-hydrogen) atoms. The van der Waals surface area contributed by atoms with Crippen molar-refractivity contribution in [2.24, 2.45) is 0 Å². The second-order valence-corrected chi connectivity index (χ2v) is 5.84. The minimum absolute atomic E-state index is 0.306. The quantitative estimate of drug-likeness (QED) is 0.748. The van der Waals surface area contributed by atoms with Crippen molar-refractivity contribution in [2.75, 3.05) is 6.61 Å². The first-order valence-electron chi connectivity index (χ1n) is 7.19. The Bertz CT molecular complexity index is 810. The minimum Gasteiger partial charge on any atom is -0.393 e. The first-order valence-corrected chi connectivity index (χ1v) is 7.56. The molecule has 2 N–H and O–H groups in total. The van der Waals surface area contributed by atoms with Crippen LogP contribution in [0, 0.1) is 6.92 Å². The largest absolute Gasteiger partial charge is 0.393 e. The summed E-state index contributed by atoms with van der Waals surface area (Å²) in [6.45, 7) is 1.65. The second-order valence-electron chi connectivity index (χ2n) is 5.41. The van der Waals surface area contributed by atoms with E-state index in [9.17, 15) is 10.2 Å². The molecule has 3 aromatic carbocycles. The number of rotatable bonds is 3. The molecule has 0 aromatic heterocycles. The molecule has 1 atom stereocenters. The van der Waals surface area contributed by atoms with E-state index in [2.05, 4.69) is 6.07 Å². The van der Waals surface area contributed by atoms with Crippen molar-refractivity contribution in [2.45, 2.75) is 13.0 Å². The summed E-state index contributed by atoms with van der Waals surface area (Å²) in [4.78, 5) is 0. The summed E-state index contributed by atoms with van der Waals surface area (Å²) in [5.41, 5.74) is 3.66. The maximum atomic E-state index is 10.3. The van der Waals surface area contributed by atoms with Crippen LogP contribution in [0.2, 0.25) is 5.02 Å². The Balaban J connectivity index is 2.39. The van der Waals surface area contributed by atoms with Crippen molar-refractivity contribution in [3.63, 3.8) is 0 Å². The highest BCUT2D eigenvalue weighted by molar-refractivity contribution is 6.30. The summed E-state index contributed by atoms with van der Waals surface area (Å²) in [6.07, 6.45) is -0.907. The number of aliphatic hydroxyl groups excluding tert-OH is 2. The fourth-order valence-corrected chi connectivity index (χ4v) is 3.08. The highest BCUT2D eigenvalue weighted by Gasteiger charge is 2.18. The average Bonchev–Trinajstić information content (AvgIpc) is 2.54. The molecular formula is C19H17ClO2. The van der Waals surface area contributed by atoms with Crippen molar-refractivity contribution >= 4 is 22.4 Å². The van der Waals surface area contributed by atoms with Crippen molar-refractivity contribution < 1.29 is 10.2 Å². The SMILES string of the molecule is Cc1cc2ccccc2c(-c2ccc(Cl)cc2)c1[C@H](O)CO. The van der Waals surface area contributed by atoms with Gasteiger partial charge in [0.15, 0.2) is 0 Å². The van der Waals surface area contributed by atoms with E-state index in [1.807, 2.05) is 55.5 Å². The van der Waals surface area contributed by atoms with Gasteiger partial charge in [0.05, 0.1) is 6.61 Å². The zero-order chi connectivity index (χ0) is 15.7. The van der Waals surface area contributed by atoms with Gasteiger partial charge in [0, 0.05) is 5.02 Å². The van der Waals surface area contributed by atoms with E-state index in [-0.39, 0.29) is 6.61 Å². The lowest BCUT2D eigenvalue weighted by molar-refractivity contribution is 0.0956. The first kappa shape index (κ1) is 15.0. The number of aryl methyl sites for hydroxylation is 1. The number of fused-ring (bicyclic) bond motifs is 1. The highest BCUT2D eigenvalue weighted by Crippen LogP contribution is 2.38. The Morgan fingerprint density at radius 3 is 2.41 bits per heavy atom. The number of halogens is 1. The molecule has 0 unspecified atom stereocenters. The molecule has 0 aliphatic heterocycles. The molecule has 0 aliphatic carbocycles.